The van der Waals surface area contributed by atoms with Crippen molar-refractivity contribution in [3.05, 3.63) is 35.1 Å². The van der Waals surface area contributed by atoms with Crippen molar-refractivity contribution in [1.29, 1.82) is 0 Å². The highest BCUT2D eigenvalue weighted by Gasteiger charge is 2.31. The molecule has 0 aliphatic carbocycles. The van der Waals surface area contributed by atoms with Gasteiger partial charge in [-0.25, -0.2) is 4.39 Å². The number of hydrogen-bond acceptors (Lipinski definition) is 2. The fourth-order valence-electron chi connectivity index (χ4n) is 2.31. The first kappa shape index (κ1) is 15.1. The van der Waals surface area contributed by atoms with E-state index in [-0.39, 0.29) is 17.3 Å². The van der Waals surface area contributed by atoms with E-state index in [4.69, 9.17) is 4.74 Å². The molecule has 2 atom stereocenters. The smallest absolute Gasteiger partial charge is 0.123 e. The lowest BCUT2D eigenvalue weighted by Gasteiger charge is -2.33. The highest BCUT2D eigenvalue weighted by atomic mass is 19.1. The summed E-state index contributed by atoms with van der Waals surface area (Å²) in [5.74, 6) is -0.246. The van der Waals surface area contributed by atoms with E-state index in [0.29, 0.717) is 6.42 Å². The van der Waals surface area contributed by atoms with Crippen molar-refractivity contribution in [2.75, 3.05) is 7.11 Å². The van der Waals surface area contributed by atoms with Gasteiger partial charge in [-0.15, -0.1) is 0 Å². The minimum absolute atomic E-state index is 0.137. The van der Waals surface area contributed by atoms with E-state index in [9.17, 15) is 9.50 Å². The second-order valence-corrected chi connectivity index (χ2v) is 5.86. The minimum atomic E-state index is -0.598. The normalized spacial score (nSPS) is 15.5. The molecule has 2 unspecified atom stereocenters. The van der Waals surface area contributed by atoms with E-state index >= 15 is 0 Å². The van der Waals surface area contributed by atoms with Crippen molar-refractivity contribution < 1.29 is 14.2 Å². The van der Waals surface area contributed by atoms with Crippen molar-refractivity contribution in [1.82, 2.24) is 0 Å². The second-order valence-electron chi connectivity index (χ2n) is 5.86. The Bertz CT molecular complexity index is 396. The first-order chi connectivity index (χ1) is 8.25. The van der Waals surface area contributed by atoms with Gasteiger partial charge in [0.2, 0.25) is 0 Å². The van der Waals surface area contributed by atoms with Crippen LogP contribution >= 0.6 is 0 Å². The van der Waals surface area contributed by atoms with Gasteiger partial charge in [0.15, 0.2) is 0 Å². The molecule has 0 radical (unpaired) electrons. The van der Waals surface area contributed by atoms with Crippen molar-refractivity contribution in [3.63, 3.8) is 0 Å². The molecule has 0 heterocycles. The van der Waals surface area contributed by atoms with Gasteiger partial charge in [0.1, 0.15) is 5.82 Å². The van der Waals surface area contributed by atoms with Crippen molar-refractivity contribution in [3.8, 4) is 0 Å². The van der Waals surface area contributed by atoms with Crippen LogP contribution < -0.4 is 0 Å². The first-order valence-corrected chi connectivity index (χ1v) is 6.21. The van der Waals surface area contributed by atoms with E-state index in [1.807, 2.05) is 27.7 Å². The molecule has 0 aliphatic rings. The van der Waals surface area contributed by atoms with Gasteiger partial charge < -0.3 is 9.84 Å². The van der Waals surface area contributed by atoms with E-state index in [2.05, 4.69) is 0 Å². The fourth-order valence-corrected chi connectivity index (χ4v) is 2.31. The third-order valence-electron chi connectivity index (χ3n) is 3.19. The molecule has 0 saturated heterocycles. The summed E-state index contributed by atoms with van der Waals surface area (Å²) in [5.41, 5.74) is 1.68. The van der Waals surface area contributed by atoms with Crippen LogP contribution in [0.25, 0.3) is 0 Å². The molecule has 18 heavy (non-hydrogen) atoms. The molecule has 3 heteroatoms. The average Bonchev–Trinajstić information content (AvgIpc) is 2.21. The van der Waals surface area contributed by atoms with Crippen LogP contribution in [0.2, 0.25) is 0 Å². The Kier molecular flexibility index (Phi) is 4.88. The zero-order valence-corrected chi connectivity index (χ0v) is 11.8. The summed E-state index contributed by atoms with van der Waals surface area (Å²) in [6, 6.07) is 4.64. The van der Waals surface area contributed by atoms with Crippen LogP contribution in [0.3, 0.4) is 0 Å². The van der Waals surface area contributed by atoms with Gasteiger partial charge in [0.25, 0.3) is 0 Å². The predicted molar refractivity (Wildman–Crippen MR) is 71.1 cm³/mol. The summed E-state index contributed by atoms with van der Waals surface area (Å²) >= 11 is 0. The van der Waals surface area contributed by atoms with Gasteiger partial charge in [-0.05, 0) is 35.6 Å². The Hall–Kier alpha value is -0.930. The topological polar surface area (TPSA) is 29.5 Å². The summed E-state index contributed by atoms with van der Waals surface area (Å²) in [6.45, 7) is 7.94. The van der Waals surface area contributed by atoms with Gasteiger partial charge in [-0.1, -0.05) is 26.8 Å². The molecule has 1 rings (SSSR count). The molecular formula is C15H23FO2. The van der Waals surface area contributed by atoms with Gasteiger partial charge in [-0.3, -0.25) is 0 Å². The number of benzene rings is 1. The van der Waals surface area contributed by atoms with Gasteiger partial charge in [0.05, 0.1) is 12.2 Å². The molecule has 1 aromatic carbocycles. The Morgan fingerprint density at radius 3 is 2.39 bits per heavy atom. The molecule has 0 bridgehead atoms. The number of hydrogen-bond donors (Lipinski definition) is 1. The Morgan fingerprint density at radius 2 is 1.94 bits per heavy atom. The summed E-state index contributed by atoms with van der Waals surface area (Å²) in [6.07, 6.45) is -0.372. The second kappa shape index (κ2) is 5.81. The van der Waals surface area contributed by atoms with Gasteiger partial charge >= 0.3 is 0 Å². The lowest BCUT2D eigenvalue weighted by molar-refractivity contribution is -0.0699. The van der Waals surface area contributed by atoms with E-state index in [1.54, 1.807) is 13.2 Å². The molecule has 1 aromatic rings. The van der Waals surface area contributed by atoms with Crippen molar-refractivity contribution in [2.24, 2.45) is 5.41 Å². The van der Waals surface area contributed by atoms with Crippen LogP contribution in [0.4, 0.5) is 4.39 Å². The zero-order chi connectivity index (χ0) is 13.9. The molecule has 1 N–H and O–H groups in total. The number of rotatable bonds is 4. The molecule has 0 saturated carbocycles. The molecular weight excluding hydrogens is 231 g/mol. The summed E-state index contributed by atoms with van der Waals surface area (Å²) in [4.78, 5) is 0. The average molecular weight is 254 g/mol. The number of aryl methyl sites for hydroxylation is 1. The van der Waals surface area contributed by atoms with Crippen LogP contribution in [0, 0.1) is 18.2 Å². The molecule has 0 spiro atoms. The largest absolute Gasteiger partial charge is 0.390 e. The van der Waals surface area contributed by atoms with Crippen molar-refractivity contribution in [2.45, 2.75) is 46.3 Å². The van der Waals surface area contributed by atoms with Gasteiger partial charge in [-0.2, -0.15) is 0 Å². The fraction of sp³-hybridized carbons (Fsp3) is 0.600. The maximum atomic E-state index is 13.0. The predicted octanol–water partition coefficient (Wildman–Crippen LogP) is 3.10. The third-order valence-corrected chi connectivity index (χ3v) is 3.19. The maximum absolute atomic E-state index is 13.0. The summed E-state index contributed by atoms with van der Waals surface area (Å²) in [5, 5.41) is 10.3. The summed E-state index contributed by atoms with van der Waals surface area (Å²) < 4.78 is 18.4. The van der Waals surface area contributed by atoms with E-state index < -0.39 is 6.10 Å². The molecule has 0 aromatic heterocycles. The first-order valence-electron chi connectivity index (χ1n) is 6.21. The van der Waals surface area contributed by atoms with Crippen LogP contribution in [0.1, 0.15) is 31.9 Å². The molecule has 0 amide bonds. The molecule has 2 nitrogen and oxygen atoms in total. The Morgan fingerprint density at radius 1 is 1.33 bits per heavy atom. The highest BCUT2D eigenvalue weighted by Crippen LogP contribution is 2.26. The maximum Gasteiger partial charge on any atom is 0.123 e. The molecule has 102 valence electrons. The lowest BCUT2D eigenvalue weighted by atomic mass is 9.83. The van der Waals surface area contributed by atoms with Crippen LogP contribution in [0.5, 0.6) is 0 Å². The van der Waals surface area contributed by atoms with E-state index in [0.717, 1.165) is 11.1 Å². The number of halogens is 1. The number of aliphatic hydroxyl groups is 1. The third kappa shape index (κ3) is 3.79. The molecule has 0 aliphatic heterocycles. The highest BCUT2D eigenvalue weighted by molar-refractivity contribution is 5.27. The van der Waals surface area contributed by atoms with Gasteiger partial charge in [0, 0.05) is 13.5 Å². The Labute approximate surface area is 109 Å². The number of aliphatic hydroxyl groups excluding tert-OH is 1. The van der Waals surface area contributed by atoms with Crippen LogP contribution in [-0.2, 0) is 11.2 Å². The SMILES string of the molecule is COC(C(O)Cc1ccc(F)cc1C)C(C)(C)C. The Balaban J connectivity index is 2.83. The minimum Gasteiger partial charge on any atom is -0.390 e. The van der Waals surface area contributed by atoms with Crippen molar-refractivity contribution >= 4 is 0 Å². The molecule has 0 fully saturated rings. The van der Waals surface area contributed by atoms with Crippen LogP contribution in [0.15, 0.2) is 18.2 Å². The number of methoxy groups -OCH3 is 1. The lowest BCUT2D eigenvalue weighted by Crippen LogP contribution is -2.40. The van der Waals surface area contributed by atoms with E-state index in [1.165, 1.54) is 12.1 Å². The number of ether oxygens (including phenoxy) is 1. The monoisotopic (exact) mass is 254 g/mol. The van der Waals surface area contributed by atoms with Crippen LogP contribution in [-0.4, -0.2) is 24.4 Å². The zero-order valence-electron chi connectivity index (χ0n) is 11.8. The summed E-state index contributed by atoms with van der Waals surface area (Å²) in [7, 11) is 1.61. The quantitative estimate of drug-likeness (QED) is 0.894. The standard InChI is InChI=1S/C15H23FO2/c1-10-8-12(16)7-6-11(10)9-13(17)14(18-5)15(2,3)4/h6-8,13-14,17H,9H2,1-5H3.